The first kappa shape index (κ1) is 12.3. The van der Waals surface area contributed by atoms with Crippen molar-refractivity contribution < 1.29 is 19.4 Å². The standard InChI is InChI=1S/C14H17NO4/c16-11-3-1-9(5-11)7-15-14(17)10-2-4-12-13(6-10)19-8-18-12/h2,4,6,9,11,16H,1,3,5,7-8H2,(H,15,17). The van der Waals surface area contributed by atoms with Gasteiger partial charge in [0.25, 0.3) is 5.91 Å². The van der Waals surface area contributed by atoms with Crippen LogP contribution in [0.5, 0.6) is 11.5 Å². The van der Waals surface area contributed by atoms with Gasteiger partial charge >= 0.3 is 0 Å². The Labute approximate surface area is 111 Å². The van der Waals surface area contributed by atoms with Gasteiger partial charge in [0.1, 0.15) is 0 Å². The maximum atomic E-state index is 12.0. The van der Waals surface area contributed by atoms with Crippen molar-refractivity contribution in [2.45, 2.75) is 25.4 Å². The normalized spacial score (nSPS) is 24.5. The minimum absolute atomic E-state index is 0.111. The van der Waals surface area contributed by atoms with Gasteiger partial charge in [-0.1, -0.05) is 0 Å². The molecule has 0 aromatic heterocycles. The minimum Gasteiger partial charge on any atom is -0.454 e. The first-order valence-corrected chi connectivity index (χ1v) is 6.58. The number of carbonyl (C=O) groups is 1. The van der Waals surface area contributed by atoms with Crippen LogP contribution in [0.15, 0.2) is 18.2 Å². The van der Waals surface area contributed by atoms with Gasteiger partial charge in [0.15, 0.2) is 11.5 Å². The molecular weight excluding hydrogens is 246 g/mol. The van der Waals surface area contributed by atoms with Crippen molar-refractivity contribution in [3.05, 3.63) is 23.8 Å². The van der Waals surface area contributed by atoms with Gasteiger partial charge in [-0.2, -0.15) is 0 Å². The van der Waals surface area contributed by atoms with Gasteiger partial charge in [-0.15, -0.1) is 0 Å². The topological polar surface area (TPSA) is 67.8 Å². The second-order valence-corrected chi connectivity index (χ2v) is 5.11. The molecule has 2 N–H and O–H groups in total. The van der Waals surface area contributed by atoms with Crippen LogP contribution in [-0.4, -0.2) is 30.5 Å². The van der Waals surface area contributed by atoms with Gasteiger partial charge in [0.2, 0.25) is 6.79 Å². The van der Waals surface area contributed by atoms with Crippen molar-refractivity contribution >= 4 is 5.91 Å². The number of carbonyl (C=O) groups excluding carboxylic acids is 1. The average molecular weight is 263 g/mol. The van der Waals surface area contributed by atoms with Gasteiger partial charge in [0.05, 0.1) is 6.10 Å². The van der Waals surface area contributed by atoms with Crippen molar-refractivity contribution in [2.75, 3.05) is 13.3 Å². The Hall–Kier alpha value is -1.75. The number of ether oxygens (including phenoxy) is 2. The molecule has 0 radical (unpaired) electrons. The summed E-state index contributed by atoms with van der Waals surface area (Å²) in [5.74, 6) is 1.56. The highest BCUT2D eigenvalue weighted by Gasteiger charge is 2.23. The monoisotopic (exact) mass is 263 g/mol. The Morgan fingerprint density at radius 2 is 2.16 bits per heavy atom. The van der Waals surface area contributed by atoms with E-state index in [0.717, 1.165) is 19.3 Å². The Morgan fingerprint density at radius 3 is 2.95 bits per heavy atom. The van der Waals surface area contributed by atoms with Crippen molar-refractivity contribution in [3.63, 3.8) is 0 Å². The van der Waals surface area contributed by atoms with E-state index in [4.69, 9.17) is 9.47 Å². The van der Waals surface area contributed by atoms with Crippen LogP contribution in [0, 0.1) is 5.92 Å². The fraction of sp³-hybridized carbons (Fsp3) is 0.500. The SMILES string of the molecule is O=C(NCC1CCC(O)C1)c1ccc2c(c1)OCO2. The summed E-state index contributed by atoms with van der Waals surface area (Å²) in [6, 6.07) is 5.17. The maximum absolute atomic E-state index is 12.0. The van der Waals surface area contributed by atoms with E-state index in [-0.39, 0.29) is 18.8 Å². The fourth-order valence-corrected chi connectivity index (χ4v) is 2.61. The summed E-state index contributed by atoms with van der Waals surface area (Å²) in [5.41, 5.74) is 0.572. The molecule has 2 aliphatic rings. The molecule has 0 spiro atoms. The molecule has 19 heavy (non-hydrogen) atoms. The fourth-order valence-electron chi connectivity index (χ4n) is 2.61. The zero-order chi connectivity index (χ0) is 13.2. The number of nitrogens with one attached hydrogen (secondary N) is 1. The molecule has 1 aromatic carbocycles. The Morgan fingerprint density at radius 1 is 1.32 bits per heavy atom. The van der Waals surface area contributed by atoms with Gasteiger partial charge in [-0.05, 0) is 43.4 Å². The summed E-state index contributed by atoms with van der Waals surface area (Å²) in [7, 11) is 0. The molecule has 1 amide bonds. The van der Waals surface area contributed by atoms with E-state index in [1.165, 1.54) is 0 Å². The van der Waals surface area contributed by atoms with Crippen LogP contribution in [0.4, 0.5) is 0 Å². The number of aliphatic hydroxyl groups excluding tert-OH is 1. The van der Waals surface area contributed by atoms with Crippen LogP contribution in [-0.2, 0) is 0 Å². The highest BCUT2D eigenvalue weighted by atomic mass is 16.7. The van der Waals surface area contributed by atoms with E-state index in [1.807, 2.05) is 0 Å². The third-order valence-electron chi connectivity index (χ3n) is 3.70. The van der Waals surface area contributed by atoms with Crippen LogP contribution in [0.25, 0.3) is 0 Å². The number of amides is 1. The Kier molecular flexibility index (Phi) is 3.29. The average Bonchev–Trinajstić information content (AvgIpc) is 3.03. The first-order chi connectivity index (χ1) is 9.22. The molecule has 102 valence electrons. The van der Waals surface area contributed by atoms with E-state index in [9.17, 15) is 9.90 Å². The second kappa shape index (κ2) is 5.09. The molecule has 0 saturated heterocycles. The van der Waals surface area contributed by atoms with Crippen molar-refractivity contribution in [3.8, 4) is 11.5 Å². The molecule has 1 aliphatic carbocycles. The lowest BCUT2D eigenvalue weighted by molar-refractivity contribution is 0.0944. The second-order valence-electron chi connectivity index (χ2n) is 5.11. The molecule has 2 atom stereocenters. The molecule has 0 bridgehead atoms. The van der Waals surface area contributed by atoms with Crippen LogP contribution < -0.4 is 14.8 Å². The number of aliphatic hydroxyl groups is 1. The molecule has 1 aliphatic heterocycles. The zero-order valence-electron chi connectivity index (χ0n) is 10.6. The number of hydrogen-bond donors (Lipinski definition) is 2. The number of fused-ring (bicyclic) bond motifs is 1. The predicted octanol–water partition coefficient (Wildman–Crippen LogP) is 1.31. The number of hydrogen-bond acceptors (Lipinski definition) is 4. The summed E-state index contributed by atoms with van der Waals surface area (Å²) in [4.78, 5) is 12.0. The molecule has 1 aromatic rings. The Bertz CT molecular complexity index is 488. The summed E-state index contributed by atoms with van der Waals surface area (Å²) in [6.45, 7) is 0.824. The Balaban J connectivity index is 1.58. The van der Waals surface area contributed by atoms with Gasteiger partial charge < -0.3 is 19.9 Å². The lowest BCUT2D eigenvalue weighted by Gasteiger charge is -2.11. The van der Waals surface area contributed by atoms with Crippen molar-refractivity contribution in [1.29, 1.82) is 0 Å². The predicted molar refractivity (Wildman–Crippen MR) is 68.2 cm³/mol. The van der Waals surface area contributed by atoms with E-state index in [0.29, 0.717) is 29.5 Å². The van der Waals surface area contributed by atoms with Gasteiger partial charge in [-0.25, -0.2) is 0 Å². The summed E-state index contributed by atoms with van der Waals surface area (Å²) in [6.07, 6.45) is 2.39. The quantitative estimate of drug-likeness (QED) is 0.862. The third kappa shape index (κ3) is 2.66. The van der Waals surface area contributed by atoms with E-state index < -0.39 is 0 Å². The molecule has 5 nitrogen and oxygen atoms in total. The largest absolute Gasteiger partial charge is 0.454 e. The van der Waals surface area contributed by atoms with Crippen molar-refractivity contribution in [1.82, 2.24) is 5.32 Å². The lowest BCUT2D eigenvalue weighted by Crippen LogP contribution is -2.28. The lowest BCUT2D eigenvalue weighted by atomic mass is 10.1. The molecule has 3 rings (SSSR count). The van der Waals surface area contributed by atoms with Crippen LogP contribution >= 0.6 is 0 Å². The minimum atomic E-state index is -0.201. The summed E-state index contributed by atoms with van der Waals surface area (Å²) >= 11 is 0. The highest BCUT2D eigenvalue weighted by molar-refractivity contribution is 5.94. The van der Waals surface area contributed by atoms with Gasteiger partial charge in [-0.3, -0.25) is 4.79 Å². The summed E-state index contributed by atoms with van der Waals surface area (Å²) < 4.78 is 10.5. The molecule has 1 saturated carbocycles. The van der Waals surface area contributed by atoms with E-state index in [2.05, 4.69) is 5.32 Å². The maximum Gasteiger partial charge on any atom is 0.251 e. The molecular formula is C14H17NO4. The van der Waals surface area contributed by atoms with Gasteiger partial charge in [0, 0.05) is 12.1 Å². The van der Waals surface area contributed by atoms with E-state index in [1.54, 1.807) is 18.2 Å². The molecule has 1 heterocycles. The van der Waals surface area contributed by atoms with Crippen LogP contribution in [0.3, 0.4) is 0 Å². The third-order valence-corrected chi connectivity index (χ3v) is 3.70. The number of rotatable bonds is 3. The van der Waals surface area contributed by atoms with Crippen LogP contribution in [0.2, 0.25) is 0 Å². The van der Waals surface area contributed by atoms with Crippen LogP contribution in [0.1, 0.15) is 29.6 Å². The smallest absolute Gasteiger partial charge is 0.251 e. The first-order valence-electron chi connectivity index (χ1n) is 6.58. The highest BCUT2D eigenvalue weighted by Crippen LogP contribution is 2.32. The zero-order valence-corrected chi connectivity index (χ0v) is 10.6. The molecule has 5 heteroatoms. The molecule has 2 unspecified atom stereocenters. The van der Waals surface area contributed by atoms with E-state index >= 15 is 0 Å². The summed E-state index contributed by atoms with van der Waals surface area (Å²) in [5, 5.41) is 12.4. The van der Waals surface area contributed by atoms with Crippen molar-refractivity contribution in [2.24, 2.45) is 5.92 Å². The number of benzene rings is 1. The molecule has 1 fully saturated rings.